The van der Waals surface area contributed by atoms with Gasteiger partial charge in [-0.3, -0.25) is 20.4 Å². The highest BCUT2D eigenvalue weighted by molar-refractivity contribution is 5.91. The van der Waals surface area contributed by atoms with Gasteiger partial charge in [-0.2, -0.15) is 73.1 Å². The molecule has 3 aliphatic rings. The number of piperazine rings is 2. The van der Waals surface area contributed by atoms with E-state index in [-0.39, 0.29) is 45.6 Å². The number of fused-ring (bicyclic) bond motifs is 4. The molecule has 15 heterocycles. The highest BCUT2D eigenvalue weighted by atomic mass is 19.4. The maximum absolute atomic E-state index is 13.8. The zero-order chi connectivity index (χ0) is 97.8. The van der Waals surface area contributed by atoms with E-state index >= 15 is 0 Å². The van der Waals surface area contributed by atoms with Gasteiger partial charge in [0.15, 0.2) is 45.9 Å². The first kappa shape index (κ1) is 98.8. The average molecular weight is 1930 g/mol. The summed E-state index contributed by atoms with van der Waals surface area (Å²) in [6.45, 7) is 19.9. The van der Waals surface area contributed by atoms with Crippen LogP contribution in [0, 0.1) is 0 Å². The highest BCUT2D eigenvalue weighted by Gasteiger charge is 2.39. The fourth-order valence-electron chi connectivity index (χ4n) is 16.9. The van der Waals surface area contributed by atoms with Gasteiger partial charge in [-0.05, 0) is 196 Å². The van der Waals surface area contributed by atoms with Crippen LogP contribution in [0.2, 0.25) is 0 Å². The quantitative estimate of drug-likeness (QED) is 0.0189. The van der Waals surface area contributed by atoms with Gasteiger partial charge in [0.2, 0.25) is 0 Å². The van der Waals surface area contributed by atoms with Crippen LogP contribution in [0.25, 0.3) is 89.7 Å². The number of hydrogen-bond acceptors (Lipinski definition) is 26. The first-order valence-corrected chi connectivity index (χ1v) is 46.4. The summed E-state index contributed by atoms with van der Waals surface area (Å²) >= 11 is 0. The van der Waals surface area contributed by atoms with Gasteiger partial charge in [0.25, 0.3) is 0 Å². The van der Waals surface area contributed by atoms with Gasteiger partial charge in [0, 0.05) is 146 Å². The van der Waals surface area contributed by atoms with Crippen molar-refractivity contribution >= 4 is 90.7 Å². The van der Waals surface area contributed by atoms with Crippen LogP contribution in [-0.4, -0.2) is 237 Å². The number of nitrogens with one attached hydrogen (secondary N) is 9. The molecule has 0 amide bonds. The van der Waals surface area contributed by atoms with Crippen molar-refractivity contribution in [3.05, 3.63) is 240 Å². The summed E-state index contributed by atoms with van der Waals surface area (Å²) < 4.78 is 165. The fraction of sp³-hybridized carbons (Fsp3) is 0.347. The number of aromatic nitrogens is 20. The van der Waals surface area contributed by atoms with Crippen molar-refractivity contribution in [1.82, 2.24) is 130 Å². The molecule has 0 aliphatic carbocycles. The Hall–Kier alpha value is -14.2. The SMILES string of the molecule is CCN(CC)CCCc1cc(Nc2[nH]nc3ncccc23)nc(-c2ccccc2C(F)(F)F)n1.CN1CCN(CCCc2cc(Nc3[nH]nc4ncccc34)nc(-c3ccccc3C(F)(F)F)n2)CC1.FC(F)(F)c1ccccc1-c1nc(CCCN2CCCCC2)cc(Nc2[nH]nc3ncccc23)n1.FC(F)(F)c1ccccc1-c1nc(CCCN2CCNCC2)cc(Nc2[nH]nc3ncccc23)n1. The number of benzene rings is 4. The van der Waals surface area contributed by atoms with Crippen molar-refractivity contribution in [2.45, 2.75) is 109 Å². The van der Waals surface area contributed by atoms with E-state index in [0.29, 0.717) is 118 Å². The fourth-order valence-corrected chi connectivity index (χ4v) is 16.9. The molecule has 12 aromatic heterocycles. The van der Waals surface area contributed by atoms with Gasteiger partial charge in [-0.25, -0.2) is 59.8 Å². The van der Waals surface area contributed by atoms with Crippen LogP contribution in [0.1, 0.15) is 104 Å². The van der Waals surface area contributed by atoms with Crippen LogP contribution in [0.15, 0.2) is 195 Å². The van der Waals surface area contributed by atoms with Crippen LogP contribution in [0.4, 0.5) is 99.2 Å². The van der Waals surface area contributed by atoms with Gasteiger partial charge in [0.1, 0.15) is 46.5 Å². The Morgan fingerprint density at radius 2 is 0.600 bits per heavy atom. The molecule has 0 bridgehead atoms. The van der Waals surface area contributed by atoms with Crippen molar-refractivity contribution in [3.8, 4) is 45.6 Å². The molecule has 140 heavy (non-hydrogen) atoms. The highest BCUT2D eigenvalue weighted by Crippen LogP contribution is 2.42. The molecular weight excluding hydrogens is 1830 g/mol. The molecule has 3 fully saturated rings. The Bertz CT molecular complexity index is 6570. The summed E-state index contributed by atoms with van der Waals surface area (Å²) in [4.78, 5) is 64.6. The van der Waals surface area contributed by atoms with E-state index in [2.05, 4.69) is 173 Å². The van der Waals surface area contributed by atoms with Gasteiger partial charge in [-0.15, -0.1) is 0 Å². The second kappa shape index (κ2) is 45.6. The number of aryl methyl sites for hydroxylation is 4. The molecule has 19 rings (SSSR count). The Morgan fingerprint density at radius 3 is 0.893 bits per heavy atom. The lowest BCUT2D eigenvalue weighted by Gasteiger charge is -2.32. The van der Waals surface area contributed by atoms with Crippen molar-refractivity contribution < 1.29 is 52.7 Å². The van der Waals surface area contributed by atoms with Gasteiger partial charge in [-0.1, -0.05) is 93.1 Å². The maximum atomic E-state index is 13.8. The number of anilines is 8. The van der Waals surface area contributed by atoms with E-state index in [1.807, 2.05) is 24.3 Å². The van der Waals surface area contributed by atoms with Crippen LogP contribution >= 0.6 is 0 Å². The number of likely N-dealkylation sites (N-methyl/N-ethyl adjacent to an activating group) is 1. The molecule has 9 N–H and O–H groups in total. The third kappa shape index (κ3) is 26.0. The molecule has 0 unspecified atom stereocenters. The minimum Gasteiger partial charge on any atom is -0.325 e. The molecule has 42 heteroatoms. The first-order chi connectivity index (χ1) is 67.7. The lowest BCUT2D eigenvalue weighted by atomic mass is 10.1. The summed E-state index contributed by atoms with van der Waals surface area (Å²) in [7, 11) is 2.12. The molecule has 16 aromatic rings. The van der Waals surface area contributed by atoms with Crippen LogP contribution < -0.4 is 26.6 Å². The average Bonchev–Trinajstić information content (AvgIpc) is 1.38. The first-order valence-electron chi connectivity index (χ1n) is 46.4. The normalized spacial score (nSPS) is 14.3. The number of alkyl halides is 12. The molecule has 3 aliphatic heterocycles. The number of pyridine rings is 4. The third-order valence-electron chi connectivity index (χ3n) is 24.1. The zero-order valence-corrected chi connectivity index (χ0v) is 77.0. The van der Waals surface area contributed by atoms with Gasteiger partial charge in [0.05, 0.1) is 43.8 Å². The lowest BCUT2D eigenvalue weighted by molar-refractivity contribution is -0.137. The second-order valence-corrected chi connectivity index (χ2v) is 33.9. The summed E-state index contributed by atoms with van der Waals surface area (Å²) in [5.74, 6) is 3.95. The number of hydrogen-bond donors (Lipinski definition) is 9. The molecule has 3 saturated heterocycles. The standard InChI is InChI=1S/C25H27F3N8.C25H26F3N7.C24H25F3N8.C24H26F3N7/c1-35-12-14-36(15-13-35)11-5-6-17-16-21(32-24-19-8-4-10-29-22(19)33-34-24)31-23(30-17)18-7-2-3-9-20(18)25(26,27)28;26-25(27,28)20-11-3-2-9-18(20)23-30-17(8-7-15-35-13-4-1-5-14-35)16-21(31-23)32-24-19-10-6-12-29-22(19)33-34-24;25-24(26,27)19-8-2-1-6-17(19)22-30-16(5-4-12-35-13-10-28-11-14-35)15-20(31-22)32-23-18-7-3-9-29-21(18)33-34-23;1-3-34(4-2)14-8-9-16-15-20(31-23-18-11-7-13-28-21(18)32-33-23)30-22(29-16)17-10-5-6-12-19(17)24(25,26)27/h2-4,7-10,16H,5-6,11-15H2,1H3,(H2,29,30,31,32,33,34);2-3,6,9-12,16H,1,4-5,7-8,13-15H2,(H2,29,30,31,32,33,34);1-3,6-9,15,28H,4-5,10-14H2,(H2,29,30,31,32,33,34);5-7,10-13,15H,3-4,8-9,14H2,1-2H3,(H2,28,29,30,31,32,33). The molecule has 30 nitrogen and oxygen atoms in total. The number of H-pyrrole nitrogens is 4. The summed E-state index contributed by atoms with van der Waals surface area (Å²) in [5.41, 5.74) is 1.58. The molecular formula is C98H104F12N30. The van der Waals surface area contributed by atoms with Crippen molar-refractivity contribution in [3.63, 3.8) is 0 Å². The molecule has 0 spiro atoms. The molecule has 730 valence electrons. The number of halogens is 12. The summed E-state index contributed by atoms with van der Waals surface area (Å²) in [6.07, 6.45) is -1.92. The smallest absolute Gasteiger partial charge is 0.325 e. The minimum atomic E-state index is -4.52. The van der Waals surface area contributed by atoms with Crippen LogP contribution in [0.5, 0.6) is 0 Å². The molecule has 0 radical (unpaired) electrons. The Morgan fingerprint density at radius 1 is 0.321 bits per heavy atom. The minimum absolute atomic E-state index is 0.0257. The Balaban J connectivity index is 0.000000135. The zero-order valence-electron chi connectivity index (χ0n) is 77.0. The number of nitrogens with zero attached hydrogens (tertiary/aromatic N) is 21. The predicted octanol–water partition coefficient (Wildman–Crippen LogP) is 19.4. The van der Waals surface area contributed by atoms with E-state index < -0.39 is 47.0 Å². The number of rotatable bonds is 30. The van der Waals surface area contributed by atoms with E-state index in [1.165, 1.54) is 67.8 Å². The third-order valence-corrected chi connectivity index (χ3v) is 24.1. The summed E-state index contributed by atoms with van der Waals surface area (Å²) in [6, 6.07) is 43.2. The number of aromatic amines is 4. The number of likely N-dealkylation sites (tertiary alicyclic amines) is 1. The van der Waals surface area contributed by atoms with Gasteiger partial charge < -0.3 is 51.1 Å². The monoisotopic (exact) mass is 1930 g/mol. The lowest BCUT2D eigenvalue weighted by Crippen LogP contribution is -2.44. The maximum Gasteiger partial charge on any atom is 0.417 e. The topological polar surface area (TPSA) is 346 Å². The molecule has 4 aromatic carbocycles. The van der Waals surface area contributed by atoms with E-state index in [1.54, 1.807) is 97.6 Å². The summed E-state index contributed by atoms with van der Waals surface area (Å²) in [5, 5.41) is 47.2. The van der Waals surface area contributed by atoms with E-state index in [9.17, 15) is 52.7 Å². The van der Waals surface area contributed by atoms with E-state index in [4.69, 9.17) is 0 Å². The van der Waals surface area contributed by atoms with Crippen molar-refractivity contribution in [2.24, 2.45) is 0 Å². The van der Waals surface area contributed by atoms with Crippen molar-refractivity contribution in [2.75, 3.05) is 133 Å². The van der Waals surface area contributed by atoms with Crippen LogP contribution in [0.3, 0.4) is 0 Å². The molecule has 0 atom stereocenters. The molecule has 0 saturated carbocycles. The second-order valence-electron chi connectivity index (χ2n) is 33.9. The Labute approximate surface area is 797 Å². The number of piperidine rings is 1. The van der Waals surface area contributed by atoms with Crippen LogP contribution in [-0.2, 0) is 50.4 Å². The predicted molar refractivity (Wildman–Crippen MR) is 513 cm³/mol. The largest absolute Gasteiger partial charge is 0.417 e. The van der Waals surface area contributed by atoms with E-state index in [0.717, 1.165) is 176 Å². The van der Waals surface area contributed by atoms with Crippen molar-refractivity contribution in [1.29, 1.82) is 0 Å². The van der Waals surface area contributed by atoms with Gasteiger partial charge >= 0.3 is 24.7 Å². The Kier molecular flexibility index (Phi) is 32.2.